The second-order valence-corrected chi connectivity index (χ2v) is 7.65. The van der Waals surface area contributed by atoms with Gasteiger partial charge in [-0.1, -0.05) is 6.07 Å². The minimum absolute atomic E-state index is 1.38. The van der Waals surface area contributed by atoms with Crippen molar-refractivity contribution < 1.29 is 0 Å². The van der Waals surface area contributed by atoms with Crippen molar-refractivity contribution in [2.45, 2.75) is 20.8 Å². The molecule has 3 rings (SSSR count). The lowest BCUT2D eigenvalue weighted by Crippen LogP contribution is -1.75. The lowest BCUT2D eigenvalue weighted by molar-refractivity contribution is 1.41. The van der Waals surface area contributed by atoms with Gasteiger partial charge in [-0.05, 0) is 55.5 Å². The van der Waals surface area contributed by atoms with Crippen molar-refractivity contribution in [2.75, 3.05) is 0 Å². The molecule has 0 N–H and O–H groups in total. The number of rotatable bonds is 2. The Bertz CT molecular complexity index is 669. The van der Waals surface area contributed by atoms with Crippen molar-refractivity contribution in [3.05, 3.63) is 45.6 Å². The van der Waals surface area contributed by atoms with Crippen LogP contribution in [0, 0.1) is 20.8 Å². The molecule has 3 aromatic heterocycles. The highest BCUT2D eigenvalue weighted by Gasteiger charge is 2.15. The van der Waals surface area contributed by atoms with E-state index in [-0.39, 0.29) is 0 Å². The Labute approximate surface area is 120 Å². The Balaban J connectivity index is 2.16. The molecule has 3 heterocycles. The molecule has 3 aromatic rings. The smallest absolute Gasteiger partial charge is 0.0481 e. The zero-order chi connectivity index (χ0) is 12.7. The van der Waals surface area contributed by atoms with Crippen LogP contribution in [0.2, 0.25) is 0 Å². The maximum atomic E-state index is 2.25. The summed E-state index contributed by atoms with van der Waals surface area (Å²) in [4.78, 5) is 7.05. The van der Waals surface area contributed by atoms with Crippen LogP contribution < -0.4 is 0 Å². The fourth-order valence-corrected chi connectivity index (χ4v) is 5.29. The Morgan fingerprint density at radius 3 is 2.06 bits per heavy atom. The normalized spacial score (nSPS) is 11.1. The second kappa shape index (κ2) is 4.65. The topological polar surface area (TPSA) is 0 Å². The van der Waals surface area contributed by atoms with Gasteiger partial charge in [-0.2, -0.15) is 0 Å². The van der Waals surface area contributed by atoms with Crippen LogP contribution in [0.1, 0.15) is 16.0 Å². The third-order valence-corrected chi connectivity index (χ3v) is 6.78. The van der Waals surface area contributed by atoms with E-state index >= 15 is 0 Å². The van der Waals surface area contributed by atoms with E-state index in [0.29, 0.717) is 0 Å². The Morgan fingerprint density at radius 2 is 1.50 bits per heavy atom. The molecule has 0 fully saturated rings. The van der Waals surface area contributed by atoms with Gasteiger partial charge < -0.3 is 0 Å². The van der Waals surface area contributed by atoms with E-state index < -0.39 is 0 Å². The molecule has 0 saturated heterocycles. The molecule has 0 aliphatic rings. The number of hydrogen-bond acceptors (Lipinski definition) is 3. The summed E-state index contributed by atoms with van der Waals surface area (Å²) >= 11 is 5.65. The zero-order valence-corrected chi connectivity index (χ0v) is 13.1. The monoisotopic (exact) mass is 290 g/mol. The summed E-state index contributed by atoms with van der Waals surface area (Å²) in [6, 6.07) is 8.80. The van der Waals surface area contributed by atoms with Crippen LogP contribution in [0.15, 0.2) is 29.6 Å². The quantitative estimate of drug-likeness (QED) is 0.532. The molecule has 3 heteroatoms. The first-order valence-electron chi connectivity index (χ1n) is 5.87. The summed E-state index contributed by atoms with van der Waals surface area (Å²) in [7, 11) is 0. The standard InChI is InChI=1S/C15H14S3/c1-9-6-7-13(17-9)15-11(3)10(2)14(18-15)12-5-4-8-16-12/h4-8H,1-3H3. The van der Waals surface area contributed by atoms with E-state index in [4.69, 9.17) is 0 Å². The molecule has 0 aliphatic heterocycles. The predicted molar refractivity (Wildman–Crippen MR) is 85.2 cm³/mol. The minimum atomic E-state index is 1.38. The van der Waals surface area contributed by atoms with Crippen LogP contribution in [-0.4, -0.2) is 0 Å². The molecule has 18 heavy (non-hydrogen) atoms. The van der Waals surface area contributed by atoms with Gasteiger partial charge in [0.2, 0.25) is 0 Å². The molecule has 0 saturated carbocycles. The fourth-order valence-electron chi connectivity index (χ4n) is 2.03. The molecule has 0 bridgehead atoms. The first-order valence-corrected chi connectivity index (χ1v) is 8.38. The summed E-state index contributed by atoms with van der Waals surface area (Å²) in [5, 5.41) is 2.15. The number of hydrogen-bond donors (Lipinski definition) is 0. The van der Waals surface area contributed by atoms with Gasteiger partial charge in [-0.25, -0.2) is 0 Å². The molecule has 92 valence electrons. The maximum Gasteiger partial charge on any atom is 0.0481 e. The van der Waals surface area contributed by atoms with Gasteiger partial charge >= 0.3 is 0 Å². The van der Waals surface area contributed by atoms with Crippen LogP contribution in [0.25, 0.3) is 19.5 Å². The van der Waals surface area contributed by atoms with Gasteiger partial charge in [0, 0.05) is 24.4 Å². The highest BCUT2D eigenvalue weighted by Crippen LogP contribution is 2.44. The van der Waals surface area contributed by atoms with Crippen LogP contribution in [0.4, 0.5) is 0 Å². The Kier molecular flexibility index (Phi) is 3.14. The van der Waals surface area contributed by atoms with Crippen LogP contribution in [0.3, 0.4) is 0 Å². The van der Waals surface area contributed by atoms with Crippen LogP contribution >= 0.6 is 34.0 Å². The SMILES string of the molecule is Cc1ccc(-c2sc(-c3cccs3)c(C)c2C)s1. The van der Waals surface area contributed by atoms with Gasteiger partial charge in [0.05, 0.1) is 0 Å². The van der Waals surface area contributed by atoms with Gasteiger partial charge in [0.1, 0.15) is 0 Å². The van der Waals surface area contributed by atoms with Crippen molar-refractivity contribution in [2.24, 2.45) is 0 Å². The van der Waals surface area contributed by atoms with Crippen molar-refractivity contribution in [1.82, 2.24) is 0 Å². The van der Waals surface area contributed by atoms with Crippen molar-refractivity contribution >= 4 is 34.0 Å². The molecular weight excluding hydrogens is 276 g/mol. The van der Waals surface area contributed by atoms with Crippen molar-refractivity contribution in [1.29, 1.82) is 0 Å². The largest absolute Gasteiger partial charge is 0.143 e. The van der Waals surface area contributed by atoms with E-state index in [1.54, 1.807) is 0 Å². The highest BCUT2D eigenvalue weighted by molar-refractivity contribution is 7.26. The Morgan fingerprint density at radius 1 is 0.778 bits per heavy atom. The molecule has 0 spiro atoms. The van der Waals surface area contributed by atoms with Gasteiger partial charge in [0.15, 0.2) is 0 Å². The number of aryl methyl sites for hydroxylation is 1. The van der Waals surface area contributed by atoms with Crippen molar-refractivity contribution in [3.63, 3.8) is 0 Å². The third-order valence-electron chi connectivity index (χ3n) is 3.16. The summed E-state index contributed by atoms with van der Waals surface area (Å²) in [6.45, 7) is 6.66. The number of thiophene rings is 3. The van der Waals surface area contributed by atoms with Gasteiger partial charge in [-0.3, -0.25) is 0 Å². The first-order chi connectivity index (χ1) is 8.66. The molecule has 0 aromatic carbocycles. The third kappa shape index (κ3) is 1.96. The summed E-state index contributed by atoms with van der Waals surface area (Å²) in [5.41, 5.74) is 2.87. The maximum absolute atomic E-state index is 2.25. The van der Waals surface area contributed by atoms with Gasteiger partial charge in [0.25, 0.3) is 0 Å². The summed E-state index contributed by atoms with van der Waals surface area (Å²) in [5.74, 6) is 0. The van der Waals surface area contributed by atoms with Crippen molar-refractivity contribution in [3.8, 4) is 19.5 Å². The van der Waals surface area contributed by atoms with E-state index in [0.717, 1.165) is 0 Å². The second-order valence-electron chi connectivity index (χ2n) is 4.40. The minimum Gasteiger partial charge on any atom is -0.143 e. The molecule has 0 nitrogen and oxygen atoms in total. The Hall–Kier alpha value is -0.900. The van der Waals surface area contributed by atoms with Gasteiger partial charge in [-0.15, -0.1) is 34.0 Å². The fraction of sp³-hybridized carbons (Fsp3) is 0.200. The van der Waals surface area contributed by atoms with E-state index in [2.05, 4.69) is 50.4 Å². The van der Waals surface area contributed by atoms with Crippen LogP contribution in [-0.2, 0) is 0 Å². The van der Waals surface area contributed by atoms with E-state index in [1.807, 2.05) is 34.0 Å². The zero-order valence-electron chi connectivity index (χ0n) is 10.6. The average molecular weight is 290 g/mol. The first kappa shape index (κ1) is 12.2. The molecule has 0 amide bonds. The highest BCUT2D eigenvalue weighted by atomic mass is 32.1. The molecule has 0 unspecified atom stereocenters. The molecule has 0 atom stereocenters. The lowest BCUT2D eigenvalue weighted by atomic mass is 10.1. The average Bonchev–Trinajstić information content (AvgIpc) is 3.04. The summed E-state index contributed by atoms with van der Waals surface area (Å²) in [6.07, 6.45) is 0. The predicted octanol–water partition coefficient (Wildman–Crippen LogP) is 6.13. The molecule has 0 aliphatic carbocycles. The van der Waals surface area contributed by atoms with E-state index in [1.165, 1.54) is 35.5 Å². The van der Waals surface area contributed by atoms with E-state index in [9.17, 15) is 0 Å². The molecule has 0 radical (unpaired) electrons. The molecular formula is C15H14S3. The lowest BCUT2D eigenvalue weighted by Gasteiger charge is -1.95. The summed E-state index contributed by atoms with van der Waals surface area (Å²) < 4.78 is 0. The van der Waals surface area contributed by atoms with Crippen LogP contribution in [0.5, 0.6) is 0 Å².